The van der Waals surface area contributed by atoms with Gasteiger partial charge in [0.05, 0.1) is 16.0 Å². The molecule has 2 aromatic carbocycles. The van der Waals surface area contributed by atoms with Crippen LogP contribution in [0.15, 0.2) is 47.5 Å². The van der Waals surface area contributed by atoms with Gasteiger partial charge >= 0.3 is 0 Å². The van der Waals surface area contributed by atoms with Crippen molar-refractivity contribution in [2.45, 2.75) is 11.8 Å². The monoisotopic (exact) mass is 426 g/mol. The normalized spacial score (nSPS) is 11.6. The summed E-state index contributed by atoms with van der Waals surface area (Å²) in [6, 6.07) is 9.40. The second-order valence-electron chi connectivity index (χ2n) is 6.85. The minimum Gasteiger partial charge on any atom is -0.372 e. The molecule has 4 rings (SSSR count). The molecule has 0 bridgehead atoms. The van der Waals surface area contributed by atoms with E-state index in [-0.39, 0.29) is 16.7 Å². The van der Waals surface area contributed by atoms with Crippen LogP contribution in [-0.2, 0) is 9.84 Å². The highest BCUT2D eigenvalue weighted by Crippen LogP contribution is 2.32. The summed E-state index contributed by atoms with van der Waals surface area (Å²) in [5, 5.41) is 13.8. The lowest BCUT2D eigenvalue weighted by Crippen LogP contribution is -2.05. The first-order valence-electron chi connectivity index (χ1n) is 9.03. The summed E-state index contributed by atoms with van der Waals surface area (Å²) in [4.78, 5) is 9.02. The number of sulfone groups is 1. The second-order valence-corrected chi connectivity index (χ2v) is 8.83. The first kappa shape index (κ1) is 19.8. The van der Waals surface area contributed by atoms with Gasteiger partial charge in [0.1, 0.15) is 17.3 Å². The molecule has 0 saturated carbocycles. The summed E-state index contributed by atoms with van der Waals surface area (Å²) in [5.41, 5.74) is 3.02. The van der Waals surface area contributed by atoms with Crippen LogP contribution in [0.4, 0.5) is 21.8 Å². The molecule has 0 amide bonds. The number of nitrogens with zero attached hydrogens (tertiary/aromatic N) is 3. The van der Waals surface area contributed by atoms with Gasteiger partial charge in [0.15, 0.2) is 9.84 Å². The van der Waals surface area contributed by atoms with Crippen LogP contribution in [0.25, 0.3) is 22.2 Å². The average Bonchev–Trinajstić information content (AvgIpc) is 3.11. The quantitative estimate of drug-likeness (QED) is 0.446. The number of halogens is 1. The van der Waals surface area contributed by atoms with Crippen LogP contribution in [0.3, 0.4) is 0 Å². The number of benzene rings is 2. The van der Waals surface area contributed by atoms with Crippen LogP contribution in [0, 0.1) is 12.7 Å². The van der Waals surface area contributed by atoms with E-state index in [2.05, 4.69) is 30.8 Å². The third kappa shape index (κ3) is 3.69. The van der Waals surface area contributed by atoms with Gasteiger partial charge in [0.25, 0.3) is 0 Å². The van der Waals surface area contributed by atoms with Crippen LogP contribution < -0.4 is 10.6 Å². The lowest BCUT2D eigenvalue weighted by atomic mass is 10.1. The Hall–Kier alpha value is -3.53. The minimum atomic E-state index is -3.36. The van der Waals surface area contributed by atoms with E-state index in [1.165, 1.54) is 18.4 Å². The van der Waals surface area contributed by atoms with Gasteiger partial charge < -0.3 is 10.6 Å². The Morgan fingerprint density at radius 1 is 1.13 bits per heavy atom. The predicted molar refractivity (Wildman–Crippen MR) is 114 cm³/mol. The fourth-order valence-electron chi connectivity index (χ4n) is 3.20. The number of H-pyrrole nitrogens is 1. The molecule has 0 saturated heterocycles. The number of anilines is 3. The topological polar surface area (TPSA) is 113 Å². The first-order valence-corrected chi connectivity index (χ1v) is 10.9. The van der Waals surface area contributed by atoms with Crippen molar-refractivity contribution >= 4 is 38.2 Å². The molecule has 154 valence electrons. The number of nitrogens with one attached hydrogen (secondary N) is 3. The minimum absolute atomic E-state index is 0.239. The summed E-state index contributed by atoms with van der Waals surface area (Å²) in [6.07, 6.45) is 2.74. The Balaban J connectivity index is 1.72. The summed E-state index contributed by atoms with van der Waals surface area (Å²) in [7, 11) is -1.65. The molecule has 0 unspecified atom stereocenters. The molecule has 0 atom stereocenters. The number of hydrogen-bond acceptors (Lipinski definition) is 7. The van der Waals surface area contributed by atoms with Crippen molar-refractivity contribution in [2.75, 3.05) is 23.9 Å². The average molecular weight is 426 g/mol. The van der Waals surface area contributed by atoms with Gasteiger partial charge in [-0.3, -0.25) is 5.10 Å². The predicted octanol–water partition coefficient (Wildman–Crippen LogP) is 3.66. The second kappa shape index (κ2) is 7.38. The maximum absolute atomic E-state index is 13.7. The van der Waals surface area contributed by atoms with E-state index in [1.807, 2.05) is 0 Å². The fraction of sp³-hybridized carbons (Fsp3) is 0.150. The molecule has 0 aliphatic heterocycles. The van der Waals surface area contributed by atoms with E-state index in [0.29, 0.717) is 39.2 Å². The van der Waals surface area contributed by atoms with Crippen molar-refractivity contribution in [1.82, 2.24) is 20.2 Å². The smallest absolute Gasteiger partial charge is 0.229 e. The van der Waals surface area contributed by atoms with Crippen molar-refractivity contribution in [3.63, 3.8) is 0 Å². The summed E-state index contributed by atoms with van der Waals surface area (Å²) >= 11 is 0. The van der Waals surface area contributed by atoms with Crippen LogP contribution in [-0.4, -0.2) is 41.9 Å². The molecular weight excluding hydrogens is 407 g/mol. The third-order valence-electron chi connectivity index (χ3n) is 4.65. The van der Waals surface area contributed by atoms with Crippen molar-refractivity contribution in [2.24, 2.45) is 0 Å². The molecule has 10 heteroatoms. The SMILES string of the molecule is CNc1nc(Nc2ccc(C)c(S(C)(=O)=O)c2)ncc1-c1n[nH]c2ccc(F)cc12. The van der Waals surface area contributed by atoms with E-state index in [9.17, 15) is 12.8 Å². The molecule has 0 aliphatic carbocycles. The summed E-state index contributed by atoms with van der Waals surface area (Å²) in [5.74, 6) is 0.398. The Labute approximate surface area is 172 Å². The largest absolute Gasteiger partial charge is 0.372 e. The van der Waals surface area contributed by atoms with Gasteiger partial charge in [-0.25, -0.2) is 17.8 Å². The van der Waals surface area contributed by atoms with Crippen LogP contribution in [0.5, 0.6) is 0 Å². The van der Waals surface area contributed by atoms with Crippen molar-refractivity contribution < 1.29 is 12.8 Å². The number of hydrogen-bond donors (Lipinski definition) is 3. The fourth-order valence-corrected chi connectivity index (χ4v) is 4.20. The van der Waals surface area contributed by atoms with Gasteiger partial charge in [-0.2, -0.15) is 10.1 Å². The number of rotatable bonds is 5. The number of aromatic amines is 1. The Bertz CT molecular complexity index is 1370. The van der Waals surface area contributed by atoms with E-state index >= 15 is 0 Å². The highest BCUT2D eigenvalue weighted by Gasteiger charge is 2.16. The van der Waals surface area contributed by atoms with Crippen molar-refractivity contribution in [3.05, 3.63) is 54.0 Å². The van der Waals surface area contributed by atoms with Gasteiger partial charge in [-0.15, -0.1) is 0 Å². The van der Waals surface area contributed by atoms with Crippen LogP contribution in [0.1, 0.15) is 5.56 Å². The van der Waals surface area contributed by atoms with E-state index in [0.717, 1.165) is 0 Å². The molecule has 2 aromatic heterocycles. The maximum atomic E-state index is 13.7. The first-order chi connectivity index (χ1) is 14.3. The number of aryl methyl sites for hydroxylation is 1. The standard InChI is InChI=1S/C20H19FN6O2S/c1-11-4-6-13(9-17(11)30(3,28)29)24-20-23-10-15(19(22-2)25-20)18-14-8-12(21)5-7-16(14)26-27-18/h4-10H,1-3H3,(H,26,27)(H2,22,23,24,25). The van der Waals surface area contributed by atoms with E-state index < -0.39 is 9.84 Å². The molecule has 0 spiro atoms. The Kier molecular flexibility index (Phi) is 4.86. The zero-order valence-corrected chi connectivity index (χ0v) is 17.3. The van der Waals surface area contributed by atoms with Crippen molar-refractivity contribution in [1.29, 1.82) is 0 Å². The molecule has 0 fully saturated rings. The van der Waals surface area contributed by atoms with Crippen LogP contribution >= 0.6 is 0 Å². The lowest BCUT2D eigenvalue weighted by molar-refractivity contribution is 0.601. The highest BCUT2D eigenvalue weighted by atomic mass is 32.2. The zero-order valence-electron chi connectivity index (χ0n) is 16.5. The number of fused-ring (bicyclic) bond motifs is 1. The molecular formula is C20H19FN6O2S. The van der Waals surface area contributed by atoms with Gasteiger partial charge in [0.2, 0.25) is 5.95 Å². The van der Waals surface area contributed by atoms with Gasteiger partial charge in [-0.1, -0.05) is 6.07 Å². The maximum Gasteiger partial charge on any atom is 0.229 e. The molecule has 2 heterocycles. The van der Waals surface area contributed by atoms with E-state index in [4.69, 9.17) is 0 Å². The molecule has 0 radical (unpaired) electrons. The van der Waals surface area contributed by atoms with Gasteiger partial charge in [-0.05, 0) is 42.8 Å². The highest BCUT2D eigenvalue weighted by molar-refractivity contribution is 7.90. The Morgan fingerprint density at radius 2 is 1.93 bits per heavy atom. The lowest BCUT2D eigenvalue weighted by Gasteiger charge is -2.11. The van der Waals surface area contributed by atoms with E-state index in [1.54, 1.807) is 44.4 Å². The molecule has 8 nitrogen and oxygen atoms in total. The number of aromatic nitrogens is 4. The summed E-state index contributed by atoms with van der Waals surface area (Å²) in [6.45, 7) is 1.74. The van der Waals surface area contributed by atoms with Crippen LogP contribution in [0.2, 0.25) is 0 Å². The molecule has 3 N–H and O–H groups in total. The Morgan fingerprint density at radius 3 is 2.67 bits per heavy atom. The molecule has 0 aliphatic rings. The third-order valence-corrected chi connectivity index (χ3v) is 5.89. The molecule has 4 aromatic rings. The summed E-state index contributed by atoms with van der Waals surface area (Å²) < 4.78 is 37.6. The van der Waals surface area contributed by atoms with Crippen molar-refractivity contribution in [3.8, 4) is 11.3 Å². The molecule has 30 heavy (non-hydrogen) atoms. The van der Waals surface area contributed by atoms with Gasteiger partial charge in [0, 0.05) is 30.6 Å². The zero-order chi connectivity index (χ0) is 21.5.